The van der Waals surface area contributed by atoms with E-state index in [1.807, 2.05) is 19.9 Å². The number of halogens is 3. The Morgan fingerprint density at radius 2 is 2.07 bits per heavy atom. The van der Waals surface area contributed by atoms with E-state index >= 15 is 0 Å². The van der Waals surface area contributed by atoms with Crippen LogP contribution in [-0.4, -0.2) is 20.7 Å². The van der Waals surface area contributed by atoms with Gasteiger partial charge in [-0.1, -0.05) is 13.8 Å². The minimum absolute atomic E-state index is 0.104. The number of aromatic nitrogens is 3. The molecule has 6 nitrogen and oxygen atoms in total. The maximum Gasteiger partial charge on any atom is 0.417 e. The van der Waals surface area contributed by atoms with Gasteiger partial charge in [0.25, 0.3) is 5.91 Å². The standard InChI is InChI=1S/C21H21F3N4O2/c1-12(2)19-15(20(29)27-16-4-3-5-17-14(16)8-9-30-17)11-26-28(19)18-7-6-13(10-25-18)21(22,23)24/h6-12,16H,3-5H2,1-2H3,(H,27,29). The Bertz CT molecular complexity index is 1050. The maximum atomic E-state index is 13.0. The number of aryl methyl sites for hydroxylation is 1. The molecule has 0 radical (unpaired) electrons. The van der Waals surface area contributed by atoms with Crippen LogP contribution in [0.1, 0.15) is 71.6 Å². The molecule has 0 saturated carbocycles. The van der Waals surface area contributed by atoms with Gasteiger partial charge in [0, 0.05) is 18.2 Å². The average molecular weight is 418 g/mol. The molecule has 4 rings (SSSR count). The van der Waals surface area contributed by atoms with Crippen LogP contribution in [0.4, 0.5) is 13.2 Å². The fraction of sp³-hybridized carbons (Fsp3) is 0.381. The van der Waals surface area contributed by atoms with Crippen molar-refractivity contribution in [3.63, 3.8) is 0 Å². The molecule has 0 saturated heterocycles. The molecule has 0 spiro atoms. The summed E-state index contributed by atoms with van der Waals surface area (Å²) in [6.45, 7) is 3.78. The normalized spacial score (nSPS) is 16.5. The quantitative estimate of drug-likeness (QED) is 0.660. The average Bonchev–Trinajstić information content (AvgIpc) is 3.35. The van der Waals surface area contributed by atoms with Gasteiger partial charge in [-0.15, -0.1) is 0 Å². The number of fused-ring (bicyclic) bond motifs is 1. The molecule has 9 heteroatoms. The lowest BCUT2D eigenvalue weighted by atomic mass is 9.93. The third-order valence-electron chi connectivity index (χ3n) is 5.25. The van der Waals surface area contributed by atoms with Crippen molar-refractivity contribution in [3.05, 3.63) is 65.0 Å². The molecule has 3 aromatic heterocycles. The molecule has 0 fully saturated rings. The van der Waals surface area contributed by atoms with Crippen molar-refractivity contribution >= 4 is 5.91 Å². The van der Waals surface area contributed by atoms with Crippen molar-refractivity contribution in [1.29, 1.82) is 0 Å². The molecular formula is C21H21F3N4O2. The Morgan fingerprint density at radius 3 is 2.73 bits per heavy atom. The number of carbonyl (C=O) groups is 1. The Morgan fingerprint density at radius 1 is 1.27 bits per heavy atom. The van der Waals surface area contributed by atoms with E-state index < -0.39 is 11.7 Å². The van der Waals surface area contributed by atoms with Gasteiger partial charge in [-0.05, 0) is 37.0 Å². The number of nitrogens with zero attached hydrogens (tertiary/aromatic N) is 3. The predicted molar refractivity (Wildman–Crippen MR) is 102 cm³/mol. The highest BCUT2D eigenvalue weighted by Gasteiger charge is 2.31. The van der Waals surface area contributed by atoms with Gasteiger partial charge in [0.05, 0.1) is 35.3 Å². The zero-order chi connectivity index (χ0) is 21.5. The number of carbonyl (C=O) groups excluding carboxylic acids is 1. The van der Waals surface area contributed by atoms with Crippen LogP contribution in [0.2, 0.25) is 0 Å². The monoisotopic (exact) mass is 418 g/mol. The predicted octanol–water partition coefficient (Wildman–Crippen LogP) is 4.81. The van der Waals surface area contributed by atoms with E-state index in [2.05, 4.69) is 15.4 Å². The van der Waals surface area contributed by atoms with Crippen molar-refractivity contribution in [1.82, 2.24) is 20.1 Å². The first-order valence-electron chi connectivity index (χ1n) is 9.74. The van der Waals surface area contributed by atoms with Gasteiger partial charge in [-0.3, -0.25) is 4.79 Å². The van der Waals surface area contributed by atoms with Gasteiger partial charge in [0.15, 0.2) is 5.82 Å². The van der Waals surface area contributed by atoms with E-state index in [0.29, 0.717) is 11.3 Å². The zero-order valence-corrected chi connectivity index (χ0v) is 16.5. The Kier molecular flexibility index (Phi) is 5.13. The molecule has 1 unspecified atom stereocenters. The summed E-state index contributed by atoms with van der Waals surface area (Å²) in [6.07, 6.45) is 1.94. The smallest absolute Gasteiger partial charge is 0.417 e. The topological polar surface area (TPSA) is 73.0 Å². The molecule has 1 aliphatic carbocycles. The SMILES string of the molecule is CC(C)c1c(C(=O)NC2CCCc3occc32)cnn1-c1ccc(C(F)(F)F)cn1. The van der Waals surface area contributed by atoms with Crippen LogP contribution in [0.5, 0.6) is 0 Å². The molecule has 3 heterocycles. The number of pyridine rings is 1. The van der Waals surface area contributed by atoms with Crippen LogP contribution in [0.25, 0.3) is 5.82 Å². The second-order valence-electron chi connectivity index (χ2n) is 7.63. The van der Waals surface area contributed by atoms with Gasteiger partial charge in [-0.2, -0.15) is 18.3 Å². The lowest BCUT2D eigenvalue weighted by Crippen LogP contribution is -2.31. The summed E-state index contributed by atoms with van der Waals surface area (Å²) in [4.78, 5) is 16.9. The van der Waals surface area contributed by atoms with Crippen LogP contribution in [0, 0.1) is 0 Å². The lowest BCUT2D eigenvalue weighted by Gasteiger charge is -2.23. The number of nitrogens with one attached hydrogen (secondary N) is 1. The second kappa shape index (κ2) is 7.62. The summed E-state index contributed by atoms with van der Waals surface area (Å²) < 4.78 is 45.4. The van der Waals surface area contributed by atoms with E-state index in [0.717, 1.165) is 42.8 Å². The second-order valence-corrected chi connectivity index (χ2v) is 7.63. The van der Waals surface area contributed by atoms with Crippen LogP contribution >= 0.6 is 0 Å². The third-order valence-corrected chi connectivity index (χ3v) is 5.25. The number of hydrogen-bond acceptors (Lipinski definition) is 4. The van der Waals surface area contributed by atoms with Crippen LogP contribution < -0.4 is 5.32 Å². The highest BCUT2D eigenvalue weighted by molar-refractivity contribution is 5.95. The largest absolute Gasteiger partial charge is 0.469 e. The zero-order valence-electron chi connectivity index (χ0n) is 16.5. The minimum Gasteiger partial charge on any atom is -0.469 e. The summed E-state index contributed by atoms with van der Waals surface area (Å²) in [5.41, 5.74) is 1.11. The summed E-state index contributed by atoms with van der Waals surface area (Å²) in [7, 11) is 0. The summed E-state index contributed by atoms with van der Waals surface area (Å²) in [5, 5.41) is 7.29. The van der Waals surface area contributed by atoms with Gasteiger partial charge in [0.1, 0.15) is 5.76 Å². The number of rotatable bonds is 4. The van der Waals surface area contributed by atoms with Gasteiger partial charge in [0.2, 0.25) is 0 Å². The molecule has 0 bridgehead atoms. The highest BCUT2D eigenvalue weighted by Crippen LogP contribution is 2.32. The van der Waals surface area contributed by atoms with Gasteiger partial charge >= 0.3 is 6.18 Å². The van der Waals surface area contributed by atoms with E-state index in [4.69, 9.17) is 4.42 Å². The fourth-order valence-electron chi connectivity index (χ4n) is 3.82. The maximum absolute atomic E-state index is 13.0. The van der Waals surface area contributed by atoms with Crippen molar-refractivity contribution in [2.45, 2.75) is 51.2 Å². The summed E-state index contributed by atoms with van der Waals surface area (Å²) in [6, 6.07) is 3.93. The number of amides is 1. The Hall–Kier alpha value is -3.10. The van der Waals surface area contributed by atoms with Crippen LogP contribution in [0.15, 0.2) is 41.3 Å². The molecule has 1 N–H and O–H groups in total. The molecule has 0 aromatic carbocycles. The first-order valence-corrected chi connectivity index (χ1v) is 9.74. The van der Waals surface area contributed by atoms with Gasteiger partial charge in [-0.25, -0.2) is 9.67 Å². The number of furan rings is 1. The number of alkyl halides is 3. The van der Waals surface area contributed by atoms with E-state index in [1.165, 1.54) is 16.9 Å². The van der Waals surface area contributed by atoms with E-state index in [1.54, 1.807) is 6.26 Å². The summed E-state index contributed by atoms with van der Waals surface area (Å²) in [5.74, 6) is 0.727. The molecule has 1 atom stereocenters. The highest BCUT2D eigenvalue weighted by atomic mass is 19.4. The van der Waals surface area contributed by atoms with Crippen molar-refractivity contribution in [3.8, 4) is 5.82 Å². The van der Waals surface area contributed by atoms with Crippen LogP contribution in [0.3, 0.4) is 0 Å². The Labute approximate surface area is 171 Å². The summed E-state index contributed by atoms with van der Waals surface area (Å²) >= 11 is 0. The molecular weight excluding hydrogens is 397 g/mol. The van der Waals surface area contributed by atoms with Crippen LogP contribution in [-0.2, 0) is 12.6 Å². The van der Waals surface area contributed by atoms with Gasteiger partial charge < -0.3 is 9.73 Å². The first kappa shape index (κ1) is 20.2. The first-order chi connectivity index (χ1) is 14.3. The van der Waals surface area contributed by atoms with E-state index in [-0.39, 0.29) is 23.7 Å². The minimum atomic E-state index is -4.46. The third kappa shape index (κ3) is 3.71. The van der Waals surface area contributed by atoms with Crippen molar-refractivity contribution in [2.75, 3.05) is 0 Å². The molecule has 1 aliphatic rings. The molecule has 3 aromatic rings. The molecule has 0 aliphatic heterocycles. The van der Waals surface area contributed by atoms with E-state index in [9.17, 15) is 18.0 Å². The number of hydrogen-bond donors (Lipinski definition) is 1. The lowest BCUT2D eigenvalue weighted by molar-refractivity contribution is -0.137. The molecule has 158 valence electrons. The fourth-order valence-corrected chi connectivity index (χ4v) is 3.82. The van der Waals surface area contributed by atoms with Crippen molar-refractivity contribution in [2.24, 2.45) is 0 Å². The molecule has 1 amide bonds. The molecule has 30 heavy (non-hydrogen) atoms. The Balaban J connectivity index is 1.63. The van der Waals surface area contributed by atoms with Crippen molar-refractivity contribution < 1.29 is 22.4 Å².